The van der Waals surface area contributed by atoms with Gasteiger partial charge >= 0.3 is 0 Å². The van der Waals surface area contributed by atoms with E-state index in [1.165, 1.54) is 11.8 Å². The molecular weight excluding hydrogens is 276 g/mol. The lowest BCUT2D eigenvalue weighted by Crippen LogP contribution is -2.43. The molecule has 0 bridgehead atoms. The minimum atomic E-state index is -0.617. The lowest BCUT2D eigenvalue weighted by molar-refractivity contribution is 0.146. The van der Waals surface area contributed by atoms with Gasteiger partial charge in [-0.3, -0.25) is 0 Å². The van der Waals surface area contributed by atoms with Crippen molar-refractivity contribution in [1.29, 1.82) is 0 Å². The zero-order valence-electron chi connectivity index (χ0n) is 12.0. The van der Waals surface area contributed by atoms with E-state index in [0.29, 0.717) is 25.3 Å². The van der Waals surface area contributed by atoms with Crippen LogP contribution in [0.2, 0.25) is 0 Å². The summed E-state index contributed by atoms with van der Waals surface area (Å²) in [7, 11) is 1.92. The first-order valence-corrected chi connectivity index (χ1v) is 7.13. The molecular formula is C15H19F2N3O. The summed E-state index contributed by atoms with van der Waals surface area (Å²) < 4.78 is 32.6. The largest absolute Gasteiger partial charge is 0.488 e. The molecule has 4 nitrogen and oxygen atoms in total. The van der Waals surface area contributed by atoms with Crippen LogP contribution in [0.5, 0.6) is 5.75 Å². The molecule has 1 aromatic carbocycles. The van der Waals surface area contributed by atoms with E-state index in [2.05, 4.69) is 15.5 Å². The van der Waals surface area contributed by atoms with Crippen molar-refractivity contribution >= 4 is 0 Å². The van der Waals surface area contributed by atoms with Gasteiger partial charge in [0.25, 0.3) is 0 Å². The van der Waals surface area contributed by atoms with E-state index in [1.807, 2.05) is 13.2 Å². The third-order valence-corrected chi connectivity index (χ3v) is 3.93. The van der Waals surface area contributed by atoms with Gasteiger partial charge in [-0.15, -0.1) is 0 Å². The molecule has 2 heterocycles. The Morgan fingerprint density at radius 1 is 1.43 bits per heavy atom. The first-order chi connectivity index (χ1) is 10.2. The Bertz CT molecular complexity index is 562. The van der Waals surface area contributed by atoms with Crippen molar-refractivity contribution in [3.05, 3.63) is 41.2 Å². The normalized spacial score (nSPS) is 20.6. The second-order valence-electron chi connectivity index (χ2n) is 5.37. The molecule has 0 aromatic heterocycles. The van der Waals surface area contributed by atoms with Gasteiger partial charge in [-0.25, -0.2) is 8.78 Å². The van der Waals surface area contributed by atoms with Crippen LogP contribution in [0.3, 0.4) is 0 Å². The van der Waals surface area contributed by atoms with Gasteiger partial charge in [-0.05, 0) is 19.5 Å². The van der Waals surface area contributed by atoms with Crippen molar-refractivity contribution in [2.45, 2.75) is 18.9 Å². The number of fused-ring (bicyclic) bond motifs is 1. The predicted molar refractivity (Wildman–Crippen MR) is 75.8 cm³/mol. The van der Waals surface area contributed by atoms with Gasteiger partial charge in [0.05, 0.1) is 12.7 Å². The zero-order valence-corrected chi connectivity index (χ0v) is 12.0. The summed E-state index contributed by atoms with van der Waals surface area (Å²) in [6.45, 7) is 2.01. The Kier molecular flexibility index (Phi) is 3.96. The minimum Gasteiger partial charge on any atom is -0.488 e. The van der Waals surface area contributed by atoms with Crippen molar-refractivity contribution < 1.29 is 13.5 Å². The first kappa shape index (κ1) is 14.1. The second kappa shape index (κ2) is 5.89. The molecule has 0 unspecified atom stereocenters. The summed E-state index contributed by atoms with van der Waals surface area (Å²) >= 11 is 0. The van der Waals surface area contributed by atoms with Crippen LogP contribution < -0.4 is 15.4 Å². The Balaban J connectivity index is 1.75. The van der Waals surface area contributed by atoms with Gasteiger partial charge in [0, 0.05) is 36.5 Å². The highest BCUT2D eigenvalue weighted by Crippen LogP contribution is 2.32. The van der Waals surface area contributed by atoms with E-state index in [-0.39, 0.29) is 11.8 Å². The summed E-state index contributed by atoms with van der Waals surface area (Å²) in [5.74, 6) is -0.976. The summed E-state index contributed by atoms with van der Waals surface area (Å²) in [5, 5.41) is 6.33. The van der Waals surface area contributed by atoms with Crippen LogP contribution in [-0.4, -0.2) is 37.8 Å². The van der Waals surface area contributed by atoms with E-state index in [9.17, 15) is 8.78 Å². The molecule has 0 aliphatic carbocycles. The predicted octanol–water partition coefficient (Wildman–Crippen LogP) is 1.58. The van der Waals surface area contributed by atoms with Crippen molar-refractivity contribution in [3.8, 4) is 5.75 Å². The minimum absolute atomic E-state index is 0.0943. The highest BCUT2D eigenvalue weighted by Gasteiger charge is 2.30. The molecule has 6 heteroatoms. The number of nitrogens with zero attached hydrogens (tertiary/aromatic N) is 1. The molecule has 0 spiro atoms. The molecule has 21 heavy (non-hydrogen) atoms. The Hall–Kier alpha value is -1.82. The smallest absolute Gasteiger partial charge is 0.168 e. The van der Waals surface area contributed by atoms with Gasteiger partial charge in [0.2, 0.25) is 0 Å². The molecule has 0 amide bonds. The van der Waals surface area contributed by atoms with E-state index < -0.39 is 11.6 Å². The highest BCUT2D eigenvalue weighted by atomic mass is 19.1. The van der Waals surface area contributed by atoms with Gasteiger partial charge in [-0.1, -0.05) is 0 Å². The van der Waals surface area contributed by atoms with E-state index in [0.717, 1.165) is 19.0 Å². The van der Waals surface area contributed by atoms with E-state index in [1.54, 1.807) is 0 Å². The zero-order chi connectivity index (χ0) is 14.8. The number of hydrogen-bond donors (Lipinski definition) is 2. The average molecular weight is 295 g/mol. The lowest BCUT2D eigenvalue weighted by atomic mass is 10.0. The SMILES string of the molecule is CNCCC1=CNCN1[C@H]1COc2c(F)cc(F)cc2C1. The van der Waals surface area contributed by atoms with Crippen LogP contribution in [0.25, 0.3) is 0 Å². The molecule has 0 saturated heterocycles. The van der Waals surface area contributed by atoms with E-state index >= 15 is 0 Å². The van der Waals surface area contributed by atoms with Crippen LogP contribution in [0.15, 0.2) is 24.0 Å². The van der Waals surface area contributed by atoms with Crippen LogP contribution >= 0.6 is 0 Å². The first-order valence-electron chi connectivity index (χ1n) is 7.13. The maximum atomic E-state index is 13.7. The van der Waals surface area contributed by atoms with Gasteiger partial charge in [-0.2, -0.15) is 0 Å². The lowest BCUT2D eigenvalue weighted by Gasteiger charge is -2.35. The van der Waals surface area contributed by atoms with E-state index in [4.69, 9.17) is 4.74 Å². The van der Waals surface area contributed by atoms with Crippen molar-refractivity contribution in [1.82, 2.24) is 15.5 Å². The highest BCUT2D eigenvalue weighted by molar-refractivity contribution is 5.38. The third-order valence-electron chi connectivity index (χ3n) is 3.93. The molecule has 0 saturated carbocycles. The Morgan fingerprint density at radius 2 is 2.29 bits per heavy atom. The number of nitrogens with one attached hydrogen (secondary N) is 2. The Morgan fingerprint density at radius 3 is 3.10 bits per heavy atom. The van der Waals surface area contributed by atoms with Crippen molar-refractivity contribution in [2.24, 2.45) is 0 Å². The number of benzene rings is 1. The molecule has 1 aromatic rings. The maximum Gasteiger partial charge on any atom is 0.168 e. The number of halogens is 2. The topological polar surface area (TPSA) is 36.5 Å². The molecule has 3 rings (SSSR count). The molecule has 2 aliphatic heterocycles. The fourth-order valence-corrected chi connectivity index (χ4v) is 2.90. The molecule has 114 valence electrons. The summed E-state index contributed by atoms with van der Waals surface area (Å²) in [5.41, 5.74) is 1.79. The van der Waals surface area contributed by atoms with Crippen LogP contribution in [0, 0.1) is 11.6 Å². The fraction of sp³-hybridized carbons (Fsp3) is 0.467. The number of hydrogen-bond acceptors (Lipinski definition) is 4. The van der Waals surface area contributed by atoms with Crippen LogP contribution in [0.1, 0.15) is 12.0 Å². The van der Waals surface area contributed by atoms with Gasteiger partial charge < -0.3 is 20.3 Å². The van der Waals surface area contributed by atoms with Crippen molar-refractivity contribution in [3.63, 3.8) is 0 Å². The van der Waals surface area contributed by atoms with Crippen LogP contribution in [0.4, 0.5) is 8.78 Å². The average Bonchev–Trinajstić information content (AvgIpc) is 2.92. The summed E-state index contributed by atoms with van der Waals surface area (Å²) in [6.07, 6.45) is 3.49. The standard InChI is InChI=1S/C15H19F2N3O/c1-18-3-2-12-7-19-9-20(12)13-5-10-4-11(16)6-14(17)15(10)21-8-13/h4,6-7,13,18-19H,2-3,5,8-9H2,1H3/t13-/m1/s1. The Labute approximate surface area is 122 Å². The number of rotatable bonds is 4. The van der Waals surface area contributed by atoms with Crippen LogP contribution in [-0.2, 0) is 6.42 Å². The molecule has 1 atom stereocenters. The second-order valence-corrected chi connectivity index (χ2v) is 5.37. The maximum absolute atomic E-state index is 13.7. The fourth-order valence-electron chi connectivity index (χ4n) is 2.90. The van der Waals surface area contributed by atoms with Gasteiger partial charge in [0.15, 0.2) is 11.6 Å². The molecule has 2 aliphatic rings. The third kappa shape index (κ3) is 2.81. The van der Waals surface area contributed by atoms with Gasteiger partial charge in [0.1, 0.15) is 12.4 Å². The monoisotopic (exact) mass is 295 g/mol. The molecule has 0 radical (unpaired) electrons. The quantitative estimate of drug-likeness (QED) is 0.884. The summed E-state index contributed by atoms with van der Waals surface area (Å²) in [6, 6.07) is 2.33. The van der Waals surface area contributed by atoms with Crippen molar-refractivity contribution in [2.75, 3.05) is 26.9 Å². The number of ether oxygens (including phenoxy) is 1. The summed E-state index contributed by atoms with van der Waals surface area (Å²) in [4.78, 5) is 2.21. The molecule has 0 fully saturated rings. The molecule has 2 N–H and O–H groups in total.